The standard InChI is InChI=1S/C18H22FN/c1-3-14-7-9-15(10-8-14)12-18(2,20)13-16-5-4-6-17(19)11-16/h4-11H,3,12-13,20H2,1-2H3. The second kappa shape index (κ2) is 6.19. The summed E-state index contributed by atoms with van der Waals surface area (Å²) >= 11 is 0. The molecule has 0 aliphatic rings. The Bertz CT molecular complexity index is 558. The summed E-state index contributed by atoms with van der Waals surface area (Å²) in [6.45, 7) is 4.16. The highest BCUT2D eigenvalue weighted by Crippen LogP contribution is 2.18. The van der Waals surface area contributed by atoms with Crippen molar-refractivity contribution in [2.45, 2.75) is 38.6 Å². The Kier molecular flexibility index (Phi) is 4.56. The van der Waals surface area contributed by atoms with Gasteiger partial charge in [0.15, 0.2) is 0 Å². The smallest absolute Gasteiger partial charge is 0.123 e. The minimum absolute atomic E-state index is 0.203. The maximum atomic E-state index is 13.2. The average Bonchev–Trinajstić information content (AvgIpc) is 2.38. The first kappa shape index (κ1) is 14.7. The van der Waals surface area contributed by atoms with Crippen molar-refractivity contribution in [1.82, 2.24) is 0 Å². The van der Waals surface area contributed by atoms with Crippen molar-refractivity contribution in [1.29, 1.82) is 0 Å². The molecule has 0 fully saturated rings. The van der Waals surface area contributed by atoms with E-state index in [1.807, 2.05) is 13.0 Å². The lowest BCUT2D eigenvalue weighted by molar-refractivity contribution is 0.461. The van der Waals surface area contributed by atoms with Crippen molar-refractivity contribution in [3.63, 3.8) is 0 Å². The lowest BCUT2D eigenvalue weighted by Crippen LogP contribution is -2.40. The largest absolute Gasteiger partial charge is 0.325 e. The molecule has 2 heteroatoms. The SMILES string of the molecule is CCc1ccc(CC(C)(N)Cc2cccc(F)c2)cc1. The van der Waals surface area contributed by atoms with Gasteiger partial charge in [0.05, 0.1) is 0 Å². The van der Waals surface area contributed by atoms with Crippen LogP contribution in [0.15, 0.2) is 48.5 Å². The van der Waals surface area contributed by atoms with Gasteiger partial charge >= 0.3 is 0 Å². The molecule has 0 aromatic heterocycles. The third-order valence-corrected chi connectivity index (χ3v) is 3.54. The Morgan fingerprint density at radius 3 is 2.15 bits per heavy atom. The molecule has 106 valence electrons. The van der Waals surface area contributed by atoms with E-state index in [-0.39, 0.29) is 11.4 Å². The van der Waals surface area contributed by atoms with Crippen LogP contribution in [-0.2, 0) is 19.3 Å². The highest BCUT2D eigenvalue weighted by Gasteiger charge is 2.20. The summed E-state index contributed by atoms with van der Waals surface area (Å²) in [4.78, 5) is 0. The quantitative estimate of drug-likeness (QED) is 0.877. The maximum Gasteiger partial charge on any atom is 0.123 e. The van der Waals surface area contributed by atoms with Gasteiger partial charge in [-0.05, 0) is 55.0 Å². The van der Waals surface area contributed by atoms with Gasteiger partial charge in [-0.3, -0.25) is 0 Å². The van der Waals surface area contributed by atoms with E-state index >= 15 is 0 Å². The van der Waals surface area contributed by atoms with Gasteiger partial charge in [-0.25, -0.2) is 4.39 Å². The van der Waals surface area contributed by atoms with Crippen LogP contribution in [0.1, 0.15) is 30.5 Å². The first-order valence-electron chi connectivity index (χ1n) is 7.10. The molecule has 0 saturated carbocycles. The first-order chi connectivity index (χ1) is 9.48. The van der Waals surface area contributed by atoms with Gasteiger partial charge in [-0.15, -0.1) is 0 Å². The molecule has 2 aromatic carbocycles. The summed E-state index contributed by atoms with van der Waals surface area (Å²) in [5, 5.41) is 0. The Morgan fingerprint density at radius 1 is 0.950 bits per heavy atom. The molecule has 1 atom stereocenters. The van der Waals surface area contributed by atoms with Crippen molar-refractivity contribution in [3.05, 3.63) is 71.0 Å². The fourth-order valence-electron chi connectivity index (χ4n) is 2.53. The summed E-state index contributed by atoms with van der Waals surface area (Å²) in [7, 11) is 0. The Labute approximate surface area is 120 Å². The van der Waals surface area contributed by atoms with E-state index < -0.39 is 0 Å². The van der Waals surface area contributed by atoms with Crippen molar-refractivity contribution >= 4 is 0 Å². The zero-order valence-corrected chi connectivity index (χ0v) is 12.2. The van der Waals surface area contributed by atoms with E-state index in [0.29, 0.717) is 6.42 Å². The molecule has 0 bridgehead atoms. The van der Waals surface area contributed by atoms with Crippen LogP contribution in [0.2, 0.25) is 0 Å². The van der Waals surface area contributed by atoms with E-state index in [4.69, 9.17) is 5.73 Å². The molecule has 0 radical (unpaired) electrons. The summed E-state index contributed by atoms with van der Waals surface area (Å²) < 4.78 is 13.2. The van der Waals surface area contributed by atoms with Crippen LogP contribution in [-0.4, -0.2) is 5.54 Å². The van der Waals surface area contributed by atoms with Gasteiger partial charge in [0.2, 0.25) is 0 Å². The van der Waals surface area contributed by atoms with Crippen LogP contribution >= 0.6 is 0 Å². The van der Waals surface area contributed by atoms with Gasteiger partial charge in [0.25, 0.3) is 0 Å². The summed E-state index contributed by atoms with van der Waals surface area (Å²) in [6.07, 6.45) is 2.50. The van der Waals surface area contributed by atoms with E-state index in [2.05, 4.69) is 31.2 Å². The first-order valence-corrected chi connectivity index (χ1v) is 7.10. The summed E-state index contributed by atoms with van der Waals surface area (Å²) in [5.41, 5.74) is 9.51. The molecular formula is C18H22FN. The van der Waals surface area contributed by atoms with Crippen LogP contribution < -0.4 is 5.73 Å². The zero-order chi connectivity index (χ0) is 14.6. The second-order valence-electron chi connectivity index (χ2n) is 5.81. The topological polar surface area (TPSA) is 26.0 Å². The molecule has 2 N–H and O–H groups in total. The van der Waals surface area contributed by atoms with Crippen molar-refractivity contribution < 1.29 is 4.39 Å². The average molecular weight is 271 g/mol. The molecule has 0 spiro atoms. The van der Waals surface area contributed by atoms with E-state index in [1.165, 1.54) is 17.2 Å². The van der Waals surface area contributed by atoms with Crippen molar-refractivity contribution in [2.24, 2.45) is 5.73 Å². The zero-order valence-electron chi connectivity index (χ0n) is 12.2. The van der Waals surface area contributed by atoms with Crippen LogP contribution in [0.3, 0.4) is 0 Å². The number of halogens is 1. The molecule has 2 aromatic rings. The van der Waals surface area contributed by atoms with Crippen LogP contribution in [0, 0.1) is 5.82 Å². The molecule has 20 heavy (non-hydrogen) atoms. The highest BCUT2D eigenvalue weighted by atomic mass is 19.1. The van der Waals surface area contributed by atoms with Gasteiger partial charge in [0, 0.05) is 5.54 Å². The minimum Gasteiger partial charge on any atom is -0.325 e. The molecule has 0 heterocycles. The fourth-order valence-corrected chi connectivity index (χ4v) is 2.53. The highest BCUT2D eigenvalue weighted by molar-refractivity contribution is 5.25. The second-order valence-corrected chi connectivity index (χ2v) is 5.81. The molecule has 0 aliphatic carbocycles. The van der Waals surface area contributed by atoms with Crippen molar-refractivity contribution in [2.75, 3.05) is 0 Å². The molecular weight excluding hydrogens is 249 g/mol. The lowest BCUT2D eigenvalue weighted by Gasteiger charge is -2.25. The van der Waals surface area contributed by atoms with E-state index in [1.54, 1.807) is 12.1 Å². The predicted octanol–water partition coefficient (Wildman–Crippen LogP) is 3.89. The monoisotopic (exact) mass is 271 g/mol. The number of hydrogen-bond acceptors (Lipinski definition) is 1. The third kappa shape index (κ3) is 4.17. The molecule has 0 aliphatic heterocycles. The van der Waals surface area contributed by atoms with Crippen LogP contribution in [0.25, 0.3) is 0 Å². The van der Waals surface area contributed by atoms with Crippen LogP contribution in [0.5, 0.6) is 0 Å². The predicted molar refractivity (Wildman–Crippen MR) is 82.2 cm³/mol. The Balaban J connectivity index is 2.06. The summed E-state index contributed by atoms with van der Waals surface area (Å²) in [6, 6.07) is 15.2. The molecule has 0 amide bonds. The fraction of sp³-hybridized carbons (Fsp3) is 0.333. The maximum absolute atomic E-state index is 13.2. The molecule has 2 rings (SSSR count). The van der Waals surface area contributed by atoms with E-state index in [0.717, 1.165) is 18.4 Å². The number of nitrogens with two attached hydrogens (primary N) is 1. The van der Waals surface area contributed by atoms with Gasteiger partial charge in [-0.2, -0.15) is 0 Å². The van der Waals surface area contributed by atoms with Gasteiger partial charge < -0.3 is 5.73 Å². The van der Waals surface area contributed by atoms with Crippen LogP contribution in [0.4, 0.5) is 4.39 Å². The summed E-state index contributed by atoms with van der Waals surface area (Å²) in [5.74, 6) is -0.203. The number of benzene rings is 2. The van der Waals surface area contributed by atoms with Gasteiger partial charge in [-0.1, -0.05) is 43.3 Å². The minimum atomic E-state index is -0.373. The lowest BCUT2D eigenvalue weighted by atomic mass is 9.87. The Morgan fingerprint density at radius 2 is 1.55 bits per heavy atom. The van der Waals surface area contributed by atoms with E-state index in [9.17, 15) is 4.39 Å². The number of aryl methyl sites for hydroxylation is 1. The normalized spacial score (nSPS) is 14.0. The third-order valence-electron chi connectivity index (χ3n) is 3.54. The number of hydrogen-bond donors (Lipinski definition) is 1. The Hall–Kier alpha value is -1.67. The van der Waals surface area contributed by atoms with Gasteiger partial charge in [0.1, 0.15) is 5.82 Å². The molecule has 1 nitrogen and oxygen atoms in total. The molecule has 0 saturated heterocycles. The van der Waals surface area contributed by atoms with Crippen molar-refractivity contribution in [3.8, 4) is 0 Å². The molecule has 1 unspecified atom stereocenters. The number of rotatable bonds is 5.